The fraction of sp³-hybridized carbons (Fsp3) is 0.727. The maximum Gasteiger partial charge on any atom is 0.281 e. The number of alkyl halides is 2. The average Bonchev–Trinajstić information content (AvgIpc) is 2.67. The van der Waals surface area contributed by atoms with E-state index in [0.29, 0.717) is 5.92 Å². The predicted molar refractivity (Wildman–Crippen MR) is 61.0 cm³/mol. The Morgan fingerprint density at radius 2 is 2.44 bits per heavy atom. The van der Waals surface area contributed by atoms with E-state index >= 15 is 0 Å². The van der Waals surface area contributed by atoms with Crippen LogP contribution in [-0.4, -0.2) is 18.1 Å². The van der Waals surface area contributed by atoms with Gasteiger partial charge >= 0.3 is 0 Å². The van der Waals surface area contributed by atoms with Crippen molar-refractivity contribution in [2.75, 3.05) is 13.1 Å². The lowest BCUT2D eigenvalue weighted by atomic mass is 9.97. The molecule has 0 bridgehead atoms. The van der Waals surface area contributed by atoms with Crippen LogP contribution >= 0.6 is 11.3 Å². The third kappa shape index (κ3) is 2.98. The molecule has 1 aliphatic rings. The lowest BCUT2D eigenvalue weighted by Gasteiger charge is -2.21. The molecule has 2 nitrogen and oxygen atoms in total. The molecule has 0 saturated carbocycles. The second kappa shape index (κ2) is 4.75. The van der Waals surface area contributed by atoms with Crippen LogP contribution in [0.1, 0.15) is 29.7 Å². The van der Waals surface area contributed by atoms with Crippen LogP contribution in [0.3, 0.4) is 0 Å². The van der Waals surface area contributed by atoms with Gasteiger partial charge in [-0.15, -0.1) is 11.3 Å². The molecule has 90 valence electrons. The van der Waals surface area contributed by atoms with Crippen molar-refractivity contribution < 1.29 is 8.78 Å². The van der Waals surface area contributed by atoms with E-state index in [1.807, 2.05) is 0 Å². The van der Waals surface area contributed by atoms with Gasteiger partial charge in [-0.3, -0.25) is 0 Å². The van der Waals surface area contributed by atoms with Gasteiger partial charge in [-0.05, 0) is 31.8 Å². The first-order chi connectivity index (χ1) is 7.55. The van der Waals surface area contributed by atoms with Gasteiger partial charge in [0.15, 0.2) is 0 Å². The Hall–Kier alpha value is -0.550. The molecule has 16 heavy (non-hydrogen) atoms. The molecule has 1 unspecified atom stereocenters. The fourth-order valence-electron chi connectivity index (χ4n) is 1.95. The molecular formula is C11H16F2N2S. The Kier molecular flexibility index (Phi) is 3.54. The summed E-state index contributed by atoms with van der Waals surface area (Å²) in [4.78, 5) is 4.16. The molecule has 0 radical (unpaired) electrons. The summed E-state index contributed by atoms with van der Waals surface area (Å²) in [5.74, 6) is -2.20. The van der Waals surface area contributed by atoms with Gasteiger partial charge < -0.3 is 5.32 Å². The first kappa shape index (κ1) is 11.9. The highest BCUT2D eigenvalue weighted by Gasteiger charge is 2.27. The molecule has 5 heteroatoms. The van der Waals surface area contributed by atoms with Crippen LogP contribution in [0.25, 0.3) is 0 Å². The first-order valence-corrected chi connectivity index (χ1v) is 6.41. The van der Waals surface area contributed by atoms with E-state index in [2.05, 4.69) is 10.3 Å². The molecule has 2 rings (SSSR count). The molecule has 1 aromatic rings. The first-order valence-electron chi connectivity index (χ1n) is 5.59. The van der Waals surface area contributed by atoms with Gasteiger partial charge in [0, 0.05) is 19.5 Å². The van der Waals surface area contributed by atoms with Crippen LogP contribution < -0.4 is 5.32 Å². The summed E-state index contributed by atoms with van der Waals surface area (Å²) in [5, 5.41) is 4.16. The molecule has 2 heterocycles. The molecule has 1 aliphatic heterocycles. The lowest BCUT2D eigenvalue weighted by Crippen LogP contribution is -2.30. The third-order valence-electron chi connectivity index (χ3n) is 2.85. The largest absolute Gasteiger partial charge is 0.316 e. The Balaban J connectivity index is 1.97. The third-order valence-corrected chi connectivity index (χ3v) is 4.04. The molecule has 1 fully saturated rings. The molecule has 0 aromatic carbocycles. The van der Waals surface area contributed by atoms with Crippen LogP contribution in [0.15, 0.2) is 6.20 Å². The van der Waals surface area contributed by atoms with Crippen molar-refractivity contribution in [3.05, 3.63) is 16.1 Å². The van der Waals surface area contributed by atoms with Crippen molar-refractivity contribution in [3.63, 3.8) is 0 Å². The van der Waals surface area contributed by atoms with Crippen LogP contribution in [-0.2, 0) is 12.3 Å². The molecule has 0 aliphatic carbocycles. The van der Waals surface area contributed by atoms with Crippen molar-refractivity contribution >= 4 is 11.3 Å². The number of nitrogens with one attached hydrogen (secondary N) is 1. The molecule has 1 saturated heterocycles. The van der Waals surface area contributed by atoms with Gasteiger partial charge in [0.05, 0.1) is 9.88 Å². The maximum absolute atomic E-state index is 13.0. The van der Waals surface area contributed by atoms with E-state index in [-0.39, 0.29) is 4.88 Å². The van der Waals surface area contributed by atoms with Gasteiger partial charge in [0.1, 0.15) is 0 Å². The number of hydrogen-bond donors (Lipinski definition) is 1. The topological polar surface area (TPSA) is 24.9 Å². The Morgan fingerprint density at radius 3 is 3.00 bits per heavy atom. The molecule has 1 aromatic heterocycles. The highest BCUT2D eigenvalue weighted by Crippen LogP contribution is 2.32. The predicted octanol–water partition coefficient (Wildman–Crippen LogP) is 2.80. The number of thiazole rings is 1. The maximum atomic E-state index is 13.0. The van der Waals surface area contributed by atoms with E-state index in [1.54, 1.807) is 0 Å². The van der Waals surface area contributed by atoms with Gasteiger partial charge in [-0.1, -0.05) is 0 Å². The minimum absolute atomic E-state index is 0.0752. The number of hydrogen-bond acceptors (Lipinski definition) is 3. The minimum atomic E-state index is -2.75. The zero-order valence-electron chi connectivity index (χ0n) is 9.30. The summed E-state index contributed by atoms with van der Waals surface area (Å²) in [5.41, 5.74) is 0. The van der Waals surface area contributed by atoms with Gasteiger partial charge in [0.25, 0.3) is 5.92 Å². The van der Waals surface area contributed by atoms with Gasteiger partial charge in [-0.25, -0.2) is 13.8 Å². The van der Waals surface area contributed by atoms with Crippen molar-refractivity contribution in [1.29, 1.82) is 0 Å². The number of nitrogens with zero attached hydrogens (tertiary/aromatic N) is 1. The Labute approximate surface area is 98.1 Å². The minimum Gasteiger partial charge on any atom is -0.316 e. The van der Waals surface area contributed by atoms with Crippen molar-refractivity contribution in [1.82, 2.24) is 10.3 Å². The quantitative estimate of drug-likeness (QED) is 0.887. The summed E-state index contributed by atoms with van der Waals surface area (Å²) in [6.07, 6.45) is 4.49. The van der Waals surface area contributed by atoms with Crippen LogP contribution in [0.5, 0.6) is 0 Å². The van der Waals surface area contributed by atoms with Crippen LogP contribution in [0, 0.1) is 5.92 Å². The van der Waals surface area contributed by atoms with Crippen LogP contribution in [0.4, 0.5) is 8.78 Å². The van der Waals surface area contributed by atoms with Crippen molar-refractivity contribution in [2.24, 2.45) is 5.92 Å². The number of aromatic nitrogens is 1. The van der Waals surface area contributed by atoms with Crippen molar-refractivity contribution in [3.8, 4) is 0 Å². The molecule has 0 amide bonds. The summed E-state index contributed by atoms with van der Waals surface area (Å²) >= 11 is 1.14. The van der Waals surface area contributed by atoms with Crippen molar-refractivity contribution in [2.45, 2.75) is 32.1 Å². The number of piperidine rings is 1. The second-order valence-electron chi connectivity index (χ2n) is 4.42. The van der Waals surface area contributed by atoms with Gasteiger partial charge in [-0.2, -0.15) is 0 Å². The average molecular weight is 246 g/mol. The molecule has 0 spiro atoms. The smallest absolute Gasteiger partial charge is 0.281 e. The van der Waals surface area contributed by atoms with E-state index in [0.717, 1.165) is 42.8 Å². The zero-order valence-corrected chi connectivity index (χ0v) is 10.1. The van der Waals surface area contributed by atoms with E-state index in [9.17, 15) is 8.78 Å². The SMILES string of the molecule is CC(F)(F)c1cnc(CC2CCCNC2)s1. The summed E-state index contributed by atoms with van der Waals surface area (Å²) < 4.78 is 26.0. The van der Waals surface area contributed by atoms with E-state index < -0.39 is 5.92 Å². The lowest BCUT2D eigenvalue weighted by molar-refractivity contribution is 0.0213. The number of halogens is 2. The van der Waals surface area contributed by atoms with Crippen LogP contribution in [0.2, 0.25) is 0 Å². The zero-order chi connectivity index (χ0) is 11.6. The normalized spacial score (nSPS) is 22.3. The number of rotatable bonds is 3. The summed E-state index contributed by atoms with van der Waals surface area (Å²) in [7, 11) is 0. The molecule has 1 atom stereocenters. The molecular weight excluding hydrogens is 230 g/mol. The van der Waals surface area contributed by atoms with E-state index in [4.69, 9.17) is 0 Å². The highest BCUT2D eigenvalue weighted by atomic mass is 32.1. The van der Waals surface area contributed by atoms with Gasteiger partial charge in [0.2, 0.25) is 0 Å². The standard InChI is InChI=1S/C11H16F2N2S/c1-11(12,13)9-7-15-10(16-9)5-8-3-2-4-14-6-8/h7-8,14H,2-6H2,1H3. The monoisotopic (exact) mass is 246 g/mol. The Bertz CT molecular complexity index is 340. The summed E-state index contributed by atoms with van der Waals surface area (Å²) in [6, 6.07) is 0. The second-order valence-corrected chi connectivity index (χ2v) is 5.54. The fourth-order valence-corrected chi connectivity index (χ4v) is 2.92. The van der Waals surface area contributed by atoms with E-state index in [1.165, 1.54) is 19.0 Å². The summed E-state index contributed by atoms with van der Waals surface area (Å²) in [6.45, 7) is 2.98. The molecule has 1 N–H and O–H groups in total. The highest BCUT2D eigenvalue weighted by molar-refractivity contribution is 7.11. The Morgan fingerprint density at radius 1 is 1.62 bits per heavy atom.